The summed E-state index contributed by atoms with van der Waals surface area (Å²) in [5, 5.41) is 3.83. The summed E-state index contributed by atoms with van der Waals surface area (Å²) in [5.41, 5.74) is 7.65. The molecule has 0 spiro atoms. The second kappa shape index (κ2) is 5.89. The molecule has 0 atom stereocenters. The molecule has 0 aliphatic heterocycles. The molecule has 2 N–H and O–H groups in total. The van der Waals surface area contributed by atoms with Crippen molar-refractivity contribution < 1.29 is 9.22 Å². The van der Waals surface area contributed by atoms with Crippen LogP contribution in [-0.2, 0) is 0 Å². The first kappa shape index (κ1) is 16.8. The van der Waals surface area contributed by atoms with Gasteiger partial charge in [-0.2, -0.15) is 11.3 Å². The van der Waals surface area contributed by atoms with Gasteiger partial charge in [0.2, 0.25) is 8.32 Å². The number of rotatable bonds is 4. The number of benzene rings is 1. The van der Waals surface area contributed by atoms with Gasteiger partial charge in [0.05, 0.1) is 0 Å². The summed E-state index contributed by atoms with van der Waals surface area (Å²) < 4.78 is 6.26. The first-order valence-electron chi connectivity index (χ1n) is 7.27. The lowest BCUT2D eigenvalue weighted by Gasteiger charge is -2.36. The van der Waals surface area contributed by atoms with E-state index in [-0.39, 0.29) is 10.8 Å². The van der Waals surface area contributed by atoms with Gasteiger partial charge in [-0.3, -0.25) is 4.79 Å². The lowest BCUT2D eigenvalue weighted by Crippen LogP contribution is -2.43. The highest BCUT2D eigenvalue weighted by molar-refractivity contribution is 7.08. The van der Waals surface area contributed by atoms with Gasteiger partial charge in [-0.05, 0) is 47.8 Å². The molecular formula is C17H23NO2SSi. The summed E-state index contributed by atoms with van der Waals surface area (Å²) in [4.78, 5) is 12.5. The monoisotopic (exact) mass is 333 g/mol. The molecular weight excluding hydrogens is 310 g/mol. The highest BCUT2D eigenvalue weighted by atomic mass is 32.1. The number of thiophene rings is 1. The molecule has 2 rings (SSSR count). The molecule has 0 amide bonds. The van der Waals surface area contributed by atoms with Crippen LogP contribution in [0.2, 0.25) is 18.1 Å². The zero-order valence-corrected chi connectivity index (χ0v) is 15.6. The molecule has 0 fully saturated rings. The number of nitrogen functional groups attached to an aromatic ring is 1. The average molecular weight is 334 g/mol. The van der Waals surface area contributed by atoms with Crippen molar-refractivity contribution in [1.82, 2.24) is 0 Å². The maximum atomic E-state index is 12.5. The Morgan fingerprint density at radius 3 is 2.45 bits per heavy atom. The third kappa shape index (κ3) is 3.42. The van der Waals surface area contributed by atoms with E-state index in [2.05, 4.69) is 33.9 Å². The van der Waals surface area contributed by atoms with Crippen molar-refractivity contribution in [1.29, 1.82) is 0 Å². The van der Waals surface area contributed by atoms with E-state index in [1.807, 2.05) is 22.9 Å². The van der Waals surface area contributed by atoms with Gasteiger partial charge >= 0.3 is 0 Å². The molecule has 0 aliphatic rings. The standard InChI is InChI=1S/C17H23NO2SSi/c1-17(2,3)22(4,5)20-13-6-7-15(18)14(10-13)16(19)12-8-9-21-11-12/h6-11H,18H2,1-5H3. The first-order valence-corrected chi connectivity index (χ1v) is 11.1. The zero-order valence-electron chi connectivity index (χ0n) is 13.8. The molecule has 0 bridgehead atoms. The number of ketones is 1. The van der Waals surface area contributed by atoms with Crippen molar-refractivity contribution in [2.45, 2.75) is 38.9 Å². The highest BCUT2D eigenvalue weighted by Crippen LogP contribution is 2.38. The van der Waals surface area contributed by atoms with E-state index in [9.17, 15) is 4.79 Å². The van der Waals surface area contributed by atoms with Crippen LogP contribution < -0.4 is 10.2 Å². The van der Waals surface area contributed by atoms with Crippen LogP contribution in [0.3, 0.4) is 0 Å². The van der Waals surface area contributed by atoms with Crippen LogP contribution in [0.4, 0.5) is 5.69 Å². The number of nitrogens with two attached hydrogens (primary N) is 1. The molecule has 0 aliphatic carbocycles. The number of anilines is 1. The van der Waals surface area contributed by atoms with Crippen LogP contribution in [0, 0.1) is 0 Å². The van der Waals surface area contributed by atoms with Gasteiger partial charge in [-0.1, -0.05) is 20.8 Å². The molecule has 0 saturated carbocycles. The van der Waals surface area contributed by atoms with Crippen LogP contribution in [0.5, 0.6) is 5.75 Å². The van der Waals surface area contributed by atoms with Crippen LogP contribution in [0.15, 0.2) is 35.0 Å². The molecule has 2 aromatic rings. The van der Waals surface area contributed by atoms with E-state index in [1.165, 1.54) is 11.3 Å². The summed E-state index contributed by atoms with van der Waals surface area (Å²) in [6.45, 7) is 10.9. The first-order chi connectivity index (χ1) is 10.1. The topological polar surface area (TPSA) is 52.3 Å². The molecule has 0 saturated heterocycles. The Hall–Kier alpha value is -1.59. The fourth-order valence-electron chi connectivity index (χ4n) is 1.79. The Balaban J connectivity index is 2.34. The predicted octanol–water partition coefficient (Wildman–Crippen LogP) is 4.95. The molecule has 1 aromatic heterocycles. The smallest absolute Gasteiger partial charge is 0.250 e. The largest absolute Gasteiger partial charge is 0.543 e. The summed E-state index contributed by atoms with van der Waals surface area (Å²) in [6, 6.07) is 7.19. The predicted molar refractivity (Wildman–Crippen MR) is 96.4 cm³/mol. The van der Waals surface area contributed by atoms with Gasteiger partial charge in [0.15, 0.2) is 5.78 Å². The maximum absolute atomic E-state index is 12.5. The molecule has 5 heteroatoms. The van der Waals surface area contributed by atoms with Crippen molar-refractivity contribution in [2.75, 3.05) is 5.73 Å². The molecule has 0 unspecified atom stereocenters. The minimum atomic E-state index is -1.94. The molecule has 0 radical (unpaired) electrons. The average Bonchev–Trinajstić information content (AvgIpc) is 2.92. The van der Waals surface area contributed by atoms with Gasteiger partial charge in [0.1, 0.15) is 5.75 Å². The second-order valence-corrected chi connectivity index (χ2v) is 12.5. The number of hydrogen-bond donors (Lipinski definition) is 1. The van der Waals surface area contributed by atoms with Gasteiger partial charge in [0, 0.05) is 22.2 Å². The summed E-state index contributed by atoms with van der Waals surface area (Å²) >= 11 is 1.50. The van der Waals surface area contributed by atoms with Crippen molar-refractivity contribution in [3.05, 3.63) is 46.2 Å². The number of hydrogen-bond acceptors (Lipinski definition) is 4. The summed E-state index contributed by atoms with van der Waals surface area (Å²) in [7, 11) is -1.94. The minimum Gasteiger partial charge on any atom is -0.543 e. The quantitative estimate of drug-likeness (QED) is 0.489. The SMILES string of the molecule is CC(C)(C)[Si](C)(C)Oc1ccc(N)c(C(=O)c2ccsc2)c1. The Morgan fingerprint density at radius 2 is 1.91 bits per heavy atom. The zero-order chi connectivity index (χ0) is 16.5. The molecule has 22 heavy (non-hydrogen) atoms. The second-order valence-electron chi connectivity index (χ2n) is 6.95. The van der Waals surface area contributed by atoms with Crippen LogP contribution in [0.1, 0.15) is 36.7 Å². The number of carbonyl (C=O) groups excluding carboxylic acids is 1. The third-order valence-corrected chi connectivity index (χ3v) is 9.27. The summed E-state index contributed by atoms with van der Waals surface area (Å²) in [6.07, 6.45) is 0. The van der Waals surface area contributed by atoms with E-state index in [4.69, 9.17) is 10.2 Å². The van der Waals surface area contributed by atoms with E-state index >= 15 is 0 Å². The normalized spacial score (nSPS) is 12.2. The maximum Gasteiger partial charge on any atom is 0.250 e. The molecule has 3 nitrogen and oxygen atoms in total. The van der Waals surface area contributed by atoms with Crippen molar-refractivity contribution in [2.24, 2.45) is 0 Å². The Morgan fingerprint density at radius 1 is 1.23 bits per heavy atom. The van der Waals surface area contributed by atoms with Gasteiger partial charge in [-0.15, -0.1) is 0 Å². The molecule has 118 valence electrons. The Bertz CT molecular complexity index is 672. The van der Waals surface area contributed by atoms with Crippen molar-refractivity contribution in [3.63, 3.8) is 0 Å². The van der Waals surface area contributed by atoms with Gasteiger partial charge in [0.25, 0.3) is 0 Å². The van der Waals surface area contributed by atoms with E-state index in [0.29, 0.717) is 16.8 Å². The lowest BCUT2D eigenvalue weighted by molar-refractivity contribution is 0.103. The van der Waals surface area contributed by atoms with E-state index < -0.39 is 8.32 Å². The number of carbonyl (C=O) groups is 1. The van der Waals surface area contributed by atoms with Crippen LogP contribution in [0.25, 0.3) is 0 Å². The fraction of sp³-hybridized carbons (Fsp3) is 0.353. The fourth-order valence-corrected chi connectivity index (χ4v) is 3.45. The Kier molecular flexibility index (Phi) is 4.49. The molecule has 1 heterocycles. The van der Waals surface area contributed by atoms with Crippen molar-refractivity contribution in [3.8, 4) is 5.75 Å². The van der Waals surface area contributed by atoms with E-state index in [0.717, 1.165) is 5.75 Å². The minimum absolute atomic E-state index is 0.0561. The Labute approximate surface area is 137 Å². The van der Waals surface area contributed by atoms with Crippen molar-refractivity contribution >= 4 is 31.1 Å². The third-order valence-electron chi connectivity index (χ3n) is 4.23. The van der Waals surface area contributed by atoms with Gasteiger partial charge in [-0.25, -0.2) is 0 Å². The summed E-state index contributed by atoms with van der Waals surface area (Å²) in [5.74, 6) is 0.666. The highest BCUT2D eigenvalue weighted by Gasteiger charge is 2.39. The van der Waals surface area contributed by atoms with Crippen LogP contribution in [-0.4, -0.2) is 14.1 Å². The van der Waals surface area contributed by atoms with Gasteiger partial charge < -0.3 is 10.2 Å². The molecule has 1 aromatic carbocycles. The van der Waals surface area contributed by atoms with Crippen LogP contribution >= 0.6 is 11.3 Å². The van der Waals surface area contributed by atoms with E-state index in [1.54, 1.807) is 12.1 Å². The lowest BCUT2D eigenvalue weighted by atomic mass is 10.0.